The third-order valence-corrected chi connectivity index (χ3v) is 8.62. The van der Waals surface area contributed by atoms with Crippen molar-refractivity contribution in [1.29, 1.82) is 0 Å². The molecule has 3 heterocycles. The number of anilines is 1. The van der Waals surface area contributed by atoms with Crippen molar-refractivity contribution in [2.24, 2.45) is 0 Å². The van der Waals surface area contributed by atoms with Gasteiger partial charge in [-0.15, -0.1) is 0 Å². The van der Waals surface area contributed by atoms with E-state index in [1.54, 1.807) is 0 Å². The van der Waals surface area contributed by atoms with Gasteiger partial charge in [-0.3, -0.25) is 4.79 Å². The Morgan fingerprint density at radius 2 is 1.75 bits per heavy atom. The smallest absolute Gasteiger partial charge is 0.255 e. The summed E-state index contributed by atoms with van der Waals surface area (Å²) in [7, 11) is -3.72. The second-order valence-electron chi connectivity index (χ2n) is 8.40. The highest BCUT2D eigenvalue weighted by Crippen LogP contribution is 2.29. The van der Waals surface area contributed by atoms with E-state index < -0.39 is 10.0 Å². The third-order valence-electron chi connectivity index (χ3n) is 6.24. The minimum atomic E-state index is -3.72. The topological polar surface area (TPSA) is 84.3 Å². The van der Waals surface area contributed by atoms with E-state index >= 15 is 0 Å². The molecule has 32 heavy (non-hydrogen) atoms. The maximum absolute atomic E-state index is 13.0. The number of carbonyl (C=O) groups excluding carboxylic acids is 1. The predicted molar refractivity (Wildman–Crippen MR) is 125 cm³/mol. The summed E-state index contributed by atoms with van der Waals surface area (Å²) >= 11 is 6.20. The molecule has 1 aromatic heterocycles. The van der Waals surface area contributed by atoms with Crippen molar-refractivity contribution < 1.29 is 13.2 Å². The number of imidazole rings is 1. The van der Waals surface area contributed by atoms with E-state index in [9.17, 15) is 13.2 Å². The number of aryl methyl sites for hydroxylation is 2. The first-order chi connectivity index (χ1) is 15.4. The van der Waals surface area contributed by atoms with Crippen molar-refractivity contribution in [2.75, 3.05) is 18.4 Å². The van der Waals surface area contributed by atoms with Gasteiger partial charge in [0.1, 0.15) is 10.7 Å². The summed E-state index contributed by atoms with van der Waals surface area (Å²) in [5.74, 6) is 0.704. The minimum absolute atomic E-state index is 0.0259. The van der Waals surface area contributed by atoms with Crippen LogP contribution in [0.2, 0.25) is 5.02 Å². The summed E-state index contributed by atoms with van der Waals surface area (Å²) < 4.78 is 29.6. The second-order valence-corrected chi connectivity index (χ2v) is 10.7. The number of hydrogen-bond acceptors (Lipinski definition) is 4. The lowest BCUT2D eigenvalue weighted by Crippen LogP contribution is -2.28. The molecule has 0 unspecified atom stereocenters. The van der Waals surface area contributed by atoms with Crippen LogP contribution in [-0.2, 0) is 23.0 Å². The molecule has 2 aromatic carbocycles. The van der Waals surface area contributed by atoms with Crippen molar-refractivity contribution >= 4 is 44.3 Å². The molecule has 1 N–H and O–H groups in total. The molecule has 7 nitrogen and oxygen atoms in total. The van der Waals surface area contributed by atoms with E-state index in [4.69, 9.17) is 16.6 Å². The Morgan fingerprint density at radius 3 is 2.56 bits per heavy atom. The Bertz CT molecular complexity index is 1300. The Morgan fingerprint density at radius 1 is 0.969 bits per heavy atom. The molecular formula is C23H25ClN4O3S. The van der Waals surface area contributed by atoms with Crippen LogP contribution in [0.15, 0.2) is 41.3 Å². The van der Waals surface area contributed by atoms with E-state index in [0.29, 0.717) is 18.8 Å². The lowest BCUT2D eigenvalue weighted by Gasteiger charge is -2.17. The molecule has 3 aromatic rings. The van der Waals surface area contributed by atoms with Crippen molar-refractivity contribution in [3.8, 4) is 0 Å². The number of aromatic nitrogens is 2. The van der Waals surface area contributed by atoms with Crippen LogP contribution >= 0.6 is 11.6 Å². The third kappa shape index (κ3) is 3.91. The first kappa shape index (κ1) is 21.4. The first-order valence-corrected chi connectivity index (χ1v) is 12.9. The summed E-state index contributed by atoms with van der Waals surface area (Å²) in [5.41, 5.74) is 2.79. The van der Waals surface area contributed by atoms with E-state index in [0.717, 1.165) is 55.5 Å². The summed E-state index contributed by atoms with van der Waals surface area (Å²) in [6.45, 7) is 1.92. The number of halogens is 1. The van der Waals surface area contributed by atoms with Crippen LogP contribution in [0, 0.1) is 0 Å². The number of amides is 1. The Labute approximate surface area is 192 Å². The van der Waals surface area contributed by atoms with Gasteiger partial charge in [0.25, 0.3) is 5.91 Å². The Kier molecular flexibility index (Phi) is 5.69. The number of nitrogens with zero attached hydrogens (tertiary/aromatic N) is 3. The van der Waals surface area contributed by atoms with Crippen LogP contribution in [0.1, 0.15) is 48.3 Å². The largest absolute Gasteiger partial charge is 0.328 e. The average Bonchev–Trinajstić information content (AvgIpc) is 3.37. The van der Waals surface area contributed by atoms with Gasteiger partial charge in [0.05, 0.1) is 16.1 Å². The number of benzene rings is 2. The van der Waals surface area contributed by atoms with Gasteiger partial charge in [-0.25, -0.2) is 13.4 Å². The zero-order chi connectivity index (χ0) is 22.3. The summed E-state index contributed by atoms with van der Waals surface area (Å²) in [6.07, 6.45) is 6.14. The van der Waals surface area contributed by atoms with Gasteiger partial charge in [0, 0.05) is 37.3 Å². The van der Waals surface area contributed by atoms with Gasteiger partial charge in [-0.1, -0.05) is 18.0 Å². The zero-order valence-electron chi connectivity index (χ0n) is 17.7. The average molecular weight is 473 g/mol. The highest BCUT2D eigenvalue weighted by Gasteiger charge is 2.29. The second kappa shape index (κ2) is 8.50. The van der Waals surface area contributed by atoms with Crippen molar-refractivity contribution in [3.63, 3.8) is 0 Å². The van der Waals surface area contributed by atoms with Crippen LogP contribution in [0.3, 0.4) is 0 Å². The zero-order valence-corrected chi connectivity index (χ0v) is 19.3. The normalized spacial score (nSPS) is 17.3. The fourth-order valence-electron chi connectivity index (χ4n) is 4.54. The molecular weight excluding hydrogens is 448 g/mol. The summed E-state index contributed by atoms with van der Waals surface area (Å²) in [4.78, 5) is 17.7. The molecule has 0 spiro atoms. The number of hydrogen-bond donors (Lipinski definition) is 1. The maximum atomic E-state index is 13.0. The minimum Gasteiger partial charge on any atom is -0.328 e. The number of sulfonamides is 1. The van der Waals surface area contributed by atoms with Gasteiger partial charge in [-0.05, 0) is 62.1 Å². The van der Waals surface area contributed by atoms with Crippen molar-refractivity contribution in [2.45, 2.75) is 50.0 Å². The molecule has 1 saturated heterocycles. The van der Waals surface area contributed by atoms with E-state index in [1.807, 2.05) is 18.2 Å². The molecule has 5 rings (SSSR count). The molecule has 9 heteroatoms. The molecule has 2 aliphatic rings. The lowest BCUT2D eigenvalue weighted by molar-refractivity contribution is 0.102. The number of rotatable bonds is 4. The van der Waals surface area contributed by atoms with Gasteiger partial charge >= 0.3 is 0 Å². The fraction of sp³-hybridized carbons (Fsp3) is 0.391. The maximum Gasteiger partial charge on any atom is 0.255 e. The quantitative estimate of drug-likeness (QED) is 0.607. The molecule has 2 aliphatic heterocycles. The molecule has 0 radical (unpaired) electrons. The van der Waals surface area contributed by atoms with E-state index in [2.05, 4.69) is 9.88 Å². The summed E-state index contributed by atoms with van der Waals surface area (Å²) in [6, 6.07) is 10.1. The standard InChI is InChI=1S/C23H25ClN4O3S/c24-18-9-7-16(14-21(18)32(30,31)27-11-4-5-12-27)23(29)25-17-8-10-20-19(15-17)26-22-6-2-1-3-13-28(20)22/h7-10,14-15H,1-6,11-13H2,(H,25,29). The molecule has 0 saturated carbocycles. The van der Waals surface area contributed by atoms with E-state index in [1.165, 1.54) is 28.9 Å². The Balaban J connectivity index is 1.41. The van der Waals surface area contributed by atoms with Crippen LogP contribution in [0.5, 0.6) is 0 Å². The SMILES string of the molecule is O=C(Nc1ccc2c(c1)nc1n2CCCCC1)c1ccc(Cl)c(S(=O)(=O)N2CCCC2)c1. The van der Waals surface area contributed by atoms with E-state index in [-0.39, 0.29) is 21.4 Å². The fourth-order valence-corrected chi connectivity index (χ4v) is 6.56. The van der Waals surface area contributed by atoms with Gasteiger partial charge in [-0.2, -0.15) is 4.31 Å². The van der Waals surface area contributed by atoms with Gasteiger partial charge in [0.2, 0.25) is 10.0 Å². The van der Waals surface area contributed by atoms with Crippen LogP contribution < -0.4 is 5.32 Å². The first-order valence-electron chi connectivity index (χ1n) is 11.0. The molecule has 0 bridgehead atoms. The van der Waals surface area contributed by atoms with Crippen LogP contribution in [0.4, 0.5) is 5.69 Å². The molecule has 1 amide bonds. The highest BCUT2D eigenvalue weighted by atomic mass is 35.5. The monoisotopic (exact) mass is 472 g/mol. The van der Waals surface area contributed by atoms with Gasteiger partial charge in [0.15, 0.2) is 0 Å². The molecule has 168 valence electrons. The predicted octanol–water partition coefficient (Wildman–Crippen LogP) is 4.45. The van der Waals surface area contributed by atoms with Gasteiger partial charge < -0.3 is 9.88 Å². The molecule has 1 fully saturated rings. The molecule has 0 atom stereocenters. The number of nitrogens with one attached hydrogen (secondary N) is 1. The molecule has 0 aliphatic carbocycles. The number of carbonyl (C=O) groups is 1. The highest BCUT2D eigenvalue weighted by molar-refractivity contribution is 7.89. The van der Waals surface area contributed by atoms with Crippen molar-refractivity contribution in [1.82, 2.24) is 13.9 Å². The lowest BCUT2D eigenvalue weighted by atomic mass is 10.2. The van der Waals surface area contributed by atoms with Crippen LogP contribution in [-0.4, -0.2) is 41.3 Å². The summed E-state index contributed by atoms with van der Waals surface area (Å²) in [5, 5.41) is 2.99. The Hall–Kier alpha value is -2.42. The van der Waals surface area contributed by atoms with Crippen LogP contribution in [0.25, 0.3) is 11.0 Å². The van der Waals surface area contributed by atoms with Crippen molar-refractivity contribution in [3.05, 3.63) is 52.8 Å². The number of fused-ring (bicyclic) bond motifs is 3.